The molecule has 1 atom stereocenters. The molecule has 1 heterocycles. The van der Waals surface area contributed by atoms with Crippen molar-refractivity contribution in [1.82, 2.24) is 0 Å². The van der Waals surface area contributed by atoms with E-state index in [9.17, 15) is 14.9 Å². The standard InChI is InChI=1S/C23H20BrN3O5/c1-30-14-9-10-16(24)17(11-14)27-20(23(29)32-3)19(22(28)31-2)18(15(12-25)21(27)26)13-7-5-4-6-8-13/h4-11,18H,26H2,1-3H3. The maximum Gasteiger partial charge on any atom is 0.355 e. The molecular formula is C23H20BrN3O5. The number of methoxy groups -OCH3 is 3. The van der Waals surface area contributed by atoms with Crippen molar-refractivity contribution in [2.45, 2.75) is 5.92 Å². The molecule has 32 heavy (non-hydrogen) atoms. The highest BCUT2D eigenvalue weighted by Gasteiger charge is 2.43. The monoisotopic (exact) mass is 497 g/mol. The van der Waals surface area contributed by atoms with Gasteiger partial charge in [-0.15, -0.1) is 0 Å². The Morgan fingerprint density at radius 2 is 1.72 bits per heavy atom. The SMILES string of the molecule is COC(=O)C1=C(C(=O)OC)N(c2cc(OC)ccc2Br)C(N)=C(C#N)C1c1ccccc1. The third kappa shape index (κ3) is 3.92. The third-order valence-corrected chi connectivity index (χ3v) is 5.68. The first kappa shape index (κ1) is 22.9. The van der Waals surface area contributed by atoms with Crippen LogP contribution >= 0.6 is 15.9 Å². The van der Waals surface area contributed by atoms with E-state index >= 15 is 0 Å². The number of ether oxygens (including phenoxy) is 3. The minimum atomic E-state index is -0.927. The molecule has 2 N–H and O–H groups in total. The van der Waals surface area contributed by atoms with Gasteiger partial charge in [0.25, 0.3) is 0 Å². The number of hydrogen-bond acceptors (Lipinski definition) is 8. The minimum absolute atomic E-state index is 0.0247. The van der Waals surface area contributed by atoms with Crippen molar-refractivity contribution in [2.75, 3.05) is 26.2 Å². The maximum atomic E-state index is 13.0. The van der Waals surface area contributed by atoms with Crippen LogP contribution in [0, 0.1) is 11.3 Å². The fraction of sp³-hybridized carbons (Fsp3) is 0.174. The van der Waals surface area contributed by atoms with Crippen molar-refractivity contribution in [1.29, 1.82) is 5.26 Å². The van der Waals surface area contributed by atoms with Gasteiger partial charge in [0.1, 0.15) is 17.3 Å². The fourth-order valence-corrected chi connectivity index (χ4v) is 3.98. The normalized spacial score (nSPS) is 15.8. The van der Waals surface area contributed by atoms with E-state index < -0.39 is 17.9 Å². The van der Waals surface area contributed by atoms with Crippen molar-refractivity contribution in [3.8, 4) is 11.8 Å². The summed E-state index contributed by atoms with van der Waals surface area (Å²) >= 11 is 3.45. The third-order valence-electron chi connectivity index (χ3n) is 5.00. The van der Waals surface area contributed by atoms with Gasteiger partial charge in [-0.1, -0.05) is 30.3 Å². The highest BCUT2D eigenvalue weighted by atomic mass is 79.9. The minimum Gasteiger partial charge on any atom is -0.497 e. The summed E-state index contributed by atoms with van der Waals surface area (Å²) in [5, 5.41) is 10.0. The van der Waals surface area contributed by atoms with Crippen LogP contribution in [-0.2, 0) is 19.1 Å². The van der Waals surface area contributed by atoms with E-state index in [2.05, 4.69) is 22.0 Å². The van der Waals surface area contributed by atoms with Crippen LogP contribution in [0.15, 0.2) is 75.7 Å². The van der Waals surface area contributed by atoms with Crippen LogP contribution in [0.5, 0.6) is 5.75 Å². The first-order valence-corrected chi connectivity index (χ1v) is 10.2. The molecule has 0 aromatic heterocycles. The Morgan fingerprint density at radius 3 is 2.28 bits per heavy atom. The number of esters is 2. The van der Waals surface area contributed by atoms with Crippen molar-refractivity contribution < 1.29 is 23.8 Å². The first-order valence-electron chi connectivity index (χ1n) is 9.38. The molecular weight excluding hydrogens is 478 g/mol. The highest BCUT2D eigenvalue weighted by Crippen LogP contribution is 2.45. The lowest BCUT2D eigenvalue weighted by Gasteiger charge is -2.36. The smallest absolute Gasteiger partial charge is 0.355 e. The van der Waals surface area contributed by atoms with Gasteiger partial charge in [-0.3, -0.25) is 4.90 Å². The maximum absolute atomic E-state index is 13.0. The van der Waals surface area contributed by atoms with Gasteiger partial charge in [0, 0.05) is 10.5 Å². The summed E-state index contributed by atoms with van der Waals surface area (Å²) < 4.78 is 15.9. The fourth-order valence-electron chi connectivity index (χ4n) is 3.55. The second-order valence-corrected chi connectivity index (χ2v) is 7.51. The quantitative estimate of drug-likeness (QED) is 0.625. The summed E-state index contributed by atoms with van der Waals surface area (Å²) in [5.41, 5.74) is 7.31. The van der Waals surface area contributed by atoms with Crippen LogP contribution in [0.1, 0.15) is 11.5 Å². The van der Waals surface area contributed by atoms with E-state index in [0.717, 1.165) is 0 Å². The lowest BCUT2D eigenvalue weighted by atomic mass is 9.81. The number of anilines is 1. The Kier molecular flexibility index (Phi) is 6.85. The van der Waals surface area contributed by atoms with Crippen molar-refractivity contribution in [3.05, 3.63) is 81.2 Å². The molecule has 1 aliphatic rings. The molecule has 3 rings (SSSR count). The second-order valence-electron chi connectivity index (χ2n) is 6.65. The summed E-state index contributed by atoms with van der Waals surface area (Å²) in [6.45, 7) is 0. The Labute approximate surface area is 193 Å². The Bertz CT molecular complexity index is 1170. The summed E-state index contributed by atoms with van der Waals surface area (Å²) in [6, 6.07) is 15.9. The number of benzene rings is 2. The number of nitrogens with two attached hydrogens (primary N) is 1. The number of rotatable bonds is 5. The molecule has 0 saturated heterocycles. The second kappa shape index (κ2) is 9.58. The van der Waals surface area contributed by atoms with Gasteiger partial charge in [0.15, 0.2) is 0 Å². The predicted octanol–water partition coefficient (Wildman–Crippen LogP) is 3.36. The molecule has 9 heteroatoms. The molecule has 0 fully saturated rings. The van der Waals surface area contributed by atoms with Crippen molar-refractivity contribution in [2.24, 2.45) is 5.73 Å². The Hall–Kier alpha value is -3.77. The van der Waals surface area contributed by atoms with E-state index in [1.807, 2.05) is 0 Å². The molecule has 0 radical (unpaired) electrons. The van der Waals surface area contributed by atoms with E-state index in [4.69, 9.17) is 19.9 Å². The lowest BCUT2D eigenvalue weighted by Crippen LogP contribution is -2.41. The molecule has 0 amide bonds. The van der Waals surface area contributed by atoms with Crippen LogP contribution < -0.4 is 15.4 Å². The van der Waals surface area contributed by atoms with Crippen LogP contribution in [0.2, 0.25) is 0 Å². The van der Waals surface area contributed by atoms with E-state index in [-0.39, 0.29) is 22.7 Å². The van der Waals surface area contributed by atoms with Crippen molar-refractivity contribution in [3.63, 3.8) is 0 Å². The van der Waals surface area contributed by atoms with Crippen LogP contribution in [0.4, 0.5) is 5.69 Å². The van der Waals surface area contributed by atoms with E-state index in [1.165, 1.54) is 26.2 Å². The molecule has 0 spiro atoms. The number of carbonyl (C=O) groups is 2. The average Bonchev–Trinajstić information content (AvgIpc) is 2.83. The largest absolute Gasteiger partial charge is 0.497 e. The van der Waals surface area contributed by atoms with Gasteiger partial charge in [0.05, 0.1) is 50.2 Å². The number of allylic oxidation sites excluding steroid dienone is 1. The molecule has 164 valence electrons. The summed E-state index contributed by atoms with van der Waals surface area (Å²) in [7, 11) is 3.89. The van der Waals surface area contributed by atoms with Gasteiger partial charge in [-0.05, 0) is 33.6 Å². The molecule has 2 aromatic carbocycles. The van der Waals surface area contributed by atoms with Gasteiger partial charge in [0.2, 0.25) is 0 Å². The van der Waals surface area contributed by atoms with Gasteiger partial charge < -0.3 is 19.9 Å². The number of carbonyl (C=O) groups excluding carboxylic acids is 2. The van der Waals surface area contributed by atoms with Gasteiger partial charge in [-0.2, -0.15) is 5.26 Å². The first-order chi connectivity index (χ1) is 15.4. The van der Waals surface area contributed by atoms with Crippen LogP contribution in [0.25, 0.3) is 0 Å². The summed E-state index contributed by atoms with van der Waals surface area (Å²) in [6.07, 6.45) is 0. The predicted molar refractivity (Wildman–Crippen MR) is 120 cm³/mol. The van der Waals surface area contributed by atoms with Crippen molar-refractivity contribution >= 4 is 33.6 Å². The summed E-state index contributed by atoms with van der Waals surface area (Å²) in [4.78, 5) is 27.3. The molecule has 8 nitrogen and oxygen atoms in total. The van der Waals surface area contributed by atoms with E-state index in [0.29, 0.717) is 21.5 Å². The van der Waals surface area contributed by atoms with Gasteiger partial charge in [-0.25, -0.2) is 9.59 Å². The molecule has 0 aliphatic carbocycles. The van der Waals surface area contributed by atoms with Crippen LogP contribution in [0.3, 0.4) is 0 Å². The zero-order valence-corrected chi connectivity index (χ0v) is 19.2. The number of nitriles is 1. The average molecular weight is 498 g/mol. The molecule has 1 unspecified atom stereocenters. The highest BCUT2D eigenvalue weighted by molar-refractivity contribution is 9.10. The zero-order chi connectivity index (χ0) is 23.4. The van der Waals surface area contributed by atoms with Crippen LogP contribution in [-0.4, -0.2) is 33.3 Å². The molecule has 1 aliphatic heterocycles. The zero-order valence-electron chi connectivity index (χ0n) is 17.6. The number of halogens is 1. The van der Waals surface area contributed by atoms with Gasteiger partial charge >= 0.3 is 11.9 Å². The molecule has 2 aromatic rings. The van der Waals surface area contributed by atoms with E-state index in [1.54, 1.807) is 48.5 Å². The lowest BCUT2D eigenvalue weighted by molar-refractivity contribution is -0.139. The summed E-state index contributed by atoms with van der Waals surface area (Å²) in [5.74, 6) is -2.08. The topological polar surface area (TPSA) is 115 Å². The number of hydrogen-bond donors (Lipinski definition) is 1. The number of nitrogens with zero attached hydrogens (tertiary/aromatic N) is 2. The molecule has 0 bridgehead atoms. The molecule has 0 saturated carbocycles. The Balaban J connectivity index is 2.44. The Morgan fingerprint density at radius 1 is 1.06 bits per heavy atom.